The van der Waals surface area contributed by atoms with E-state index >= 15 is 0 Å². The molecule has 1 saturated carbocycles. The van der Waals surface area contributed by atoms with Crippen molar-refractivity contribution in [1.29, 1.82) is 0 Å². The molecule has 0 aromatic carbocycles. The van der Waals surface area contributed by atoms with Crippen LogP contribution < -0.4 is 5.32 Å². The Balaban J connectivity index is 1.92. The van der Waals surface area contributed by atoms with E-state index < -0.39 is 5.97 Å². The molecule has 1 aromatic heterocycles. The maximum atomic E-state index is 10.9. The SMILES string of the molecule is O=C(O)c1cc2n(n1)C(C1CCCC1)CCN2. The Labute approximate surface area is 99.8 Å². The van der Waals surface area contributed by atoms with Crippen molar-refractivity contribution in [3.63, 3.8) is 0 Å². The summed E-state index contributed by atoms with van der Waals surface area (Å²) in [7, 11) is 0. The second kappa shape index (κ2) is 4.05. The molecule has 0 bridgehead atoms. The van der Waals surface area contributed by atoms with E-state index in [0.29, 0.717) is 12.0 Å². The third kappa shape index (κ3) is 1.79. The Kier molecular flexibility index (Phi) is 2.53. The Morgan fingerprint density at radius 1 is 1.41 bits per heavy atom. The second-order valence-corrected chi connectivity index (χ2v) is 4.99. The summed E-state index contributed by atoms with van der Waals surface area (Å²) in [4.78, 5) is 10.9. The fraction of sp³-hybridized carbons (Fsp3) is 0.667. The minimum atomic E-state index is -0.945. The fourth-order valence-corrected chi connectivity index (χ4v) is 3.13. The van der Waals surface area contributed by atoms with E-state index in [9.17, 15) is 4.79 Å². The van der Waals surface area contributed by atoms with E-state index in [1.807, 2.05) is 4.68 Å². The topological polar surface area (TPSA) is 67.1 Å². The van der Waals surface area contributed by atoms with Crippen molar-refractivity contribution < 1.29 is 9.90 Å². The van der Waals surface area contributed by atoms with Crippen molar-refractivity contribution in [2.45, 2.75) is 38.1 Å². The minimum Gasteiger partial charge on any atom is -0.476 e. The van der Waals surface area contributed by atoms with Crippen molar-refractivity contribution in [3.8, 4) is 0 Å². The molecule has 1 aliphatic heterocycles. The molecule has 0 spiro atoms. The molecule has 1 aromatic rings. The molecule has 1 atom stereocenters. The first-order valence-corrected chi connectivity index (χ1v) is 6.32. The molecular formula is C12H17N3O2. The minimum absolute atomic E-state index is 0.150. The predicted molar refractivity (Wildman–Crippen MR) is 63.3 cm³/mol. The van der Waals surface area contributed by atoms with Gasteiger partial charge < -0.3 is 10.4 Å². The highest BCUT2D eigenvalue weighted by Gasteiger charge is 2.31. The number of carboxylic acids is 1. The summed E-state index contributed by atoms with van der Waals surface area (Å²) in [6.45, 7) is 0.923. The van der Waals surface area contributed by atoms with Crippen molar-refractivity contribution in [3.05, 3.63) is 11.8 Å². The number of hydrogen-bond donors (Lipinski definition) is 2. The number of fused-ring (bicyclic) bond motifs is 1. The largest absolute Gasteiger partial charge is 0.476 e. The van der Waals surface area contributed by atoms with E-state index in [4.69, 9.17) is 5.11 Å². The van der Waals surface area contributed by atoms with Gasteiger partial charge in [0.15, 0.2) is 5.69 Å². The summed E-state index contributed by atoms with van der Waals surface area (Å²) in [6, 6.07) is 2.03. The first kappa shape index (κ1) is 10.6. The van der Waals surface area contributed by atoms with E-state index in [1.54, 1.807) is 6.07 Å². The van der Waals surface area contributed by atoms with Gasteiger partial charge in [-0.3, -0.25) is 0 Å². The first-order valence-electron chi connectivity index (χ1n) is 6.32. The van der Waals surface area contributed by atoms with Gasteiger partial charge in [-0.15, -0.1) is 0 Å². The highest BCUT2D eigenvalue weighted by atomic mass is 16.4. The number of aromatic nitrogens is 2. The smallest absolute Gasteiger partial charge is 0.356 e. The lowest BCUT2D eigenvalue weighted by atomic mass is 9.94. The lowest BCUT2D eigenvalue weighted by Gasteiger charge is -2.30. The number of hydrogen-bond acceptors (Lipinski definition) is 3. The zero-order chi connectivity index (χ0) is 11.8. The number of anilines is 1. The van der Waals surface area contributed by atoms with Crippen LogP contribution in [0.3, 0.4) is 0 Å². The van der Waals surface area contributed by atoms with Gasteiger partial charge in [0.1, 0.15) is 5.82 Å². The molecular weight excluding hydrogens is 218 g/mol. The monoisotopic (exact) mass is 235 g/mol. The predicted octanol–water partition coefficient (Wildman–Crippen LogP) is 2.13. The highest BCUT2D eigenvalue weighted by molar-refractivity contribution is 5.86. The molecule has 2 aliphatic rings. The van der Waals surface area contributed by atoms with Gasteiger partial charge in [-0.25, -0.2) is 9.48 Å². The van der Waals surface area contributed by atoms with Crippen molar-refractivity contribution in [2.75, 3.05) is 11.9 Å². The summed E-state index contributed by atoms with van der Waals surface area (Å²) in [5, 5.41) is 16.4. The molecule has 0 saturated heterocycles. The number of carbonyl (C=O) groups is 1. The third-order valence-electron chi connectivity index (χ3n) is 3.96. The Morgan fingerprint density at radius 3 is 2.88 bits per heavy atom. The molecule has 1 aliphatic carbocycles. The zero-order valence-electron chi connectivity index (χ0n) is 9.72. The molecule has 0 amide bonds. The van der Waals surface area contributed by atoms with Crippen LogP contribution in [0.1, 0.15) is 48.6 Å². The third-order valence-corrected chi connectivity index (χ3v) is 3.96. The van der Waals surface area contributed by atoms with Crippen LogP contribution in [-0.4, -0.2) is 27.4 Å². The molecule has 17 heavy (non-hydrogen) atoms. The van der Waals surface area contributed by atoms with Gasteiger partial charge in [-0.1, -0.05) is 12.8 Å². The average molecular weight is 235 g/mol. The standard InChI is InChI=1S/C12H17N3O2/c16-12(17)9-7-11-13-6-5-10(15(11)14-9)8-3-1-2-4-8/h7-8,10,13H,1-6H2,(H,16,17). The average Bonchev–Trinajstić information content (AvgIpc) is 2.97. The van der Waals surface area contributed by atoms with Crippen LogP contribution >= 0.6 is 0 Å². The fourth-order valence-electron chi connectivity index (χ4n) is 3.13. The van der Waals surface area contributed by atoms with Crippen LogP contribution in [0.2, 0.25) is 0 Å². The zero-order valence-corrected chi connectivity index (χ0v) is 9.72. The van der Waals surface area contributed by atoms with E-state index in [2.05, 4.69) is 10.4 Å². The van der Waals surface area contributed by atoms with E-state index in [0.717, 1.165) is 18.8 Å². The highest BCUT2D eigenvalue weighted by Crippen LogP contribution is 2.39. The maximum absolute atomic E-state index is 10.9. The Hall–Kier alpha value is -1.52. The molecule has 1 unspecified atom stereocenters. The Bertz CT molecular complexity index is 435. The summed E-state index contributed by atoms with van der Waals surface area (Å²) in [5.41, 5.74) is 0.150. The van der Waals surface area contributed by atoms with Crippen LogP contribution in [0.15, 0.2) is 6.07 Å². The van der Waals surface area contributed by atoms with Gasteiger partial charge >= 0.3 is 5.97 Å². The lowest BCUT2D eigenvalue weighted by molar-refractivity contribution is 0.0688. The number of aromatic carboxylic acids is 1. The molecule has 1 fully saturated rings. The molecule has 0 radical (unpaired) electrons. The van der Waals surface area contributed by atoms with Crippen molar-refractivity contribution in [2.24, 2.45) is 5.92 Å². The van der Waals surface area contributed by atoms with Gasteiger partial charge in [-0.2, -0.15) is 5.10 Å². The summed E-state index contributed by atoms with van der Waals surface area (Å²) in [5.74, 6) is 0.599. The van der Waals surface area contributed by atoms with Gasteiger partial charge in [-0.05, 0) is 25.2 Å². The van der Waals surface area contributed by atoms with E-state index in [-0.39, 0.29) is 5.69 Å². The van der Waals surface area contributed by atoms with Crippen LogP contribution in [0.25, 0.3) is 0 Å². The molecule has 2 heterocycles. The normalized spacial score (nSPS) is 24.4. The number of nitrogens with one attached hydrogen (secondary N) is 1. The lowest BCUT2D eigenvalue weighted by Crippen LogP contribution is -2.28. The first-order chi connectivity index (χ1) is 8.25. The van der Waals surface area contributed by atoms with Crippen LogP contribution in [0.4, 0.5) is 5.82 Å². The molecule has 2 N–H and O–H groups in total. The van der Waals surface area contributed by atoms with Crippen molar-refractivity contribution in [1.82, 2.24) is 9.78 Å². The number of carboxylic acid groups (broad SMARTS) is 1. The van der Waals surface area contributed by atoms with Gasteiger partial charge in [0.2, 0.25) is 0 Å². The Morgan fingerprint density at radius 2 is 2.18 bits per heavy atom. The molecule has 5 nitrogen and oxygen atoms in total. The van der Waals surface area contributed by atoms with Crippen LogP contribution in [0, 0.1) is 5.92 Å². The molecule has 3 rings (SSSR count). The quantitative estimate of drug-likeness (QED) is 0.824. The van der Waals surface area contributed by atoms with Gasteiger partial charge in [0, 0.05) is 12.6 Å². The summed E-state index contributed by atoms with van der Waals surface area (Å²) in [6.07, 6.45) is 6.17. The number of nitrogens with zero attached hydrogens (tertiary/aromatic N) is 2. The van der Waals surface area contributed by atoms with E-state index in [1.165, 1.54) is 25.7 Å². The summed E-state index contributed by atoms with van der Waals surface area (Å²) >= 11 is 0. The number of rotatable bonds is 2. The second-order valence-electron chi connectivity index (χ2n) is 4.99. The molecule has 5 heteroatoms. The van der Waals surface area contributed by atoms with Gasteiger partial charge in [0.05, 0.1) is 6.04 Å². The summed E-state index contributed by atoms with van der Waals surface area (Å²) < 4.78 is 1.91. The van der Waals surface area contributed by atoms with Crippen LogP contribution in [0.5, 0.6) is 0 Å². The van der Waals surface area contributed by atoms with Gasteiger partial charge in [0.25, 0.3) is 0 Å². The van der Waals surface area contributed by atoms with Crippen LogP contribution in [-0.2, 0) is 0 Å². The molecule has 92 valence electrons. The van der Waals surface area contributed by atoms with Crippen molar-refractivity contribution >= 4 is 11.8 Å². The maximum Gasteiger partial charge on any atom is 0.356 e.